The van der Waals surface area contributed by atoms with Gasteiger partial charge in [0.15, 0.2) is 0 Å². The zero-order valence-corrected chi connectivity index (χ0v) is 12.9. The molecule has 0 radical (unpaired) electrons. The summed E-state index contributed by atoms with van der Waals surface area (Å²) in [6.07, 6.45) is 0. The van der Waals surface area contributed by atoms with Crippen molar-refractivity contribution in [3.63, 3.8) is 0 Å². The number of aromatic nitrogens is 1. The van der Waals surface area contributed by atoms with Gasteiger partial charge >= 0.3 is 0 Å². The molecule has 2 nitrogen and oxygen atoms in total. The second-order valence-corrected chi connectivity index (χ2v) is 6.21. The smallest absolute Gasteiger partial charge is 0.0813 e. The first kappa shape index (κ1) is 12.6. The fourth-order valence-electron chi connectivity index (χ4n) is 1.99. The number of fused-ring (bicyclic) bond motifs is 1. The van der Waals surface area contributed by atoms with Gasteiger partial charge in [0, 0.05) is 16.7 Å². The lowest BCUT2D eigenvalue weighted by molar-refractivity contribution is 1.14. The van der Waals surface area contributed by atoms with Crippen LogP contribution in [0.4, 0.5) is 5.69 Å². The summed E-state index contributed by atoms with van der Waals surface area (Å²) in [5.74, 6) is 0. The van der Waals surface area contributed by atoms with Crippen LogP contribution in [-0.4, -0.2) is 4.98 Å². The molecule has 3 rings (SSSR count). The molecule has 0 spiro atoms. The van der Waals surface area contributed by atoms with Crippen molar-refractivity contribution in [2.75, 3.05) is 5.32 Å². The van der Waals surface area contributed by atoms with E-state index >= 15 is 0 Å². The third-order valence-corrected chi connectivity index (χ3v) is 4.73. The minimum Gasteiger partial charge on any atom is -0.381 e. The van der Waals surface area contributed by atoms with Crippen LogP contribution in [0.15, 0.2) is 46.4 Å². The molecular weight excluding hydrogens is 320 g/mol. The molecule has 0 amide bonds. The maximum Gasteiger partial charge on any atom is 0.0813 e. The van der Waals surface area contributed by atoms with Crippen molar-refractivity contribution in [3.8, 4) is 0 Å². The summed E-state index contributed by atoms with van der Waals surface area (Å²) >= 11 is 5.19. The number of nitrogens with one attached hydrogen (secondary N) is 1. The lowest BCUT2D eigenvalue weighted by Crippen LogP contribution is -1.99. The molecule has 0 atom stereocenters. The van der Waals surface area contributed by atoms with Gasteiger partial charge in [-0.1, -0.05) is 28.1 Å². The topological polar surface area (TPSA) is 24.9 Å². The molecule has 2 aromatic carbocycles. The fraction of sp³-hybridized carbons (Fsp3) is 0.133. The van der Waals surface area contributed by atoms with E-state index in [1.807, 2.05) is 5.51 Å². The van der Waals surface area contributed by atoms with Gasteiger partial charge in [-0.15, -0.1) is 11.3 Å². The second kappa shape index (κ2) is 5.31. The van der Waals surface area contributed by atoms with E-state index in [2.05, 4.69) is 69.6 Å². The van der Waals surface area contributed by atoms with Crippen molar-refractivity contribution in [2.24, 2.45) is 0 Å². The van der Waals surface area contributed by atoms with E-state index < -0.39 is 0 Å². The molecule has 1 aromatic heterocycles. The van der Waals surface area contributed by atoms with E-state index in [9.17, 15) is 0 Å². The van der Waals surface area contributed by atoms with Crippen molar-refractivity contribution in [3.05, 3.63) is 57.5 Å². The summed E-state index contributed by atoms with van der Waals surface area (Å²) in [5, 5.41) is 3.45. The molecule has 1 heterocycles. The van der Waals surface area contributed by atoms with Crippen LogP contribution in [0.5, 0.6) is 0 Å². The number of nitrogens with zero attached hydrogens (tertiary/aromatic N) is 1. The Hall–Kier alpha value is -1.39. The van der Waals surface area contributed by atoms with E-state index in [1.165, 1.54) is 15.8 Å². The Morgan fingerprint density at radius 3 is 2.95 bits per heavy atom. The zero-order chi connectivity index (χ0) is 13.2. The highest BCUT2D eigenvalue weighted by molar-refractivity contribution is 9.10. The average molecular weight is 333 g/mol. The van der Waals surface area contributed by atoms with Gasteiger partial charge in [-0.3, -0.25) is 0 Å². The highest BCUT2D eigenvalue weighted by Gasteiger charge is 2.00. The molecule has 0 aliphatic heterocycles. The first-order valence-corrected chi connectivity index (χ1v) is 7.72. The number of thiazole rings is 1. The summed E-state index contributed by atoms with van der Waals surface area (Å²) in [7, 11) is 0. The van der Waals surface area contributed by atoms with Crippen LogP contribution >= 0.6 is 27.3 Å². The number of halogens is 1. The van der Waals surface area contributed by atoms with Gasteiger partial charge < -0.3 is 5.32 Å². The summed E-state index contributed by atoms with van der Waals surface area (Å²) < 4.78 is 2.37. The number of benzene rings is 2. The molecule has 0 saturated heterocycles. The predicted molar refractivity (Wildman–Crippen MR) is 85.8 cm³/mol. The van der Waals surface area contributed by atoms with E-state index in [4.69, 9.17) is 0 Å². The molecule has 0 aliphatic carbocycles. The van der Waals surface area contributed by atoms with Crippen LogP contribution in [0, 0.1) is 6.92 Å². The van der Waals surface area contributed by atoms with Crippen LogP contribution in [0.25, 0.3) is 10.2 Å². The Morgan fingerprint density at radius 1 is 1.21 bits per heavy atom. The fourth-order valence-corrected chi connectivity index (χ4v) is 2.95. The van der Waals surface area contributed by atoms with Crippen LogP contribution in [-0.2, 0) is 6.54 Å². The minimum absolute atomic E-state index is 0.832. The predicted octanol–water partition coefficient (Wildman–Crippen LogP) is 4.98. The molecule has 0 aliphatic rings. The van der Waals surface area contributed by atoms with Crippen LogP contribution in [0.1, 0.15) is 11.1 Å². The summed E-state index contributed by atoms with van der Waals surface area (Å²) in [4.78, 5) is 4.28. The molecule has 4 heteroatoms. The van der Waals surface area contributed by atoms with Gasteiger partial charge in [-0.25, -0.2) is 4.98 Å². The molecule has 1 N–H and O–H groups in total. The van der Waals surface area contributed by atoms with E-state index in [0.29, 0.717) is 0 Å². The quantitative estimate of drug-likeness (QED) is 0.731. The first-order valence-electron chi connectivity index (χ1n) is 6.04. The van der Waals surface area contributed by atoms with Crippen LogP contribution in [0.2, 0.25) is 0 Å². The maximum atomic E-state index is 4.28. The number of anilines is 1. The first-order chi connectivity index (χ1) is 9.22. The van der Waals surface area contributed by atoms with E-state index in [-0.39, 0.29) is 0 Å². The maximum absolute atomic E-state index is 4.28. The molecule has 96 valence electrons. The van der Waals surface area contributed by atoms with E-state index in [1.54, 1.807) is 11.3 Å². The van der Waals surface area contributed by atoms with Crippen LogP contribution < -0.4 is 5.32 Å². The number of rotatable bonds is 3. The van der Waals surface area contributed by atoms with Gasteiger partial charge in [0.05, 0.1) is 15.7 Å². The van der Waals surface area contributed by atoms with Crippen molar-refractivity contribution in [1.82, 2.24) is 4.98 Å². The van der Waals surface area contributed by atoms with Crippen molar-refractivity contribution in [2.45, 2.75) is 13.5 Å². The summed E-state index contributed by atoms with van der Waals surface area (Å²) in [6.45, 7) is 2.94. The van der Waals surface area contributed by atoms with Gasteiger partial charge in [-0.05, 0) is 42.3 Å². The molecule has 19 heavy (non-hydrogen) atoms. The van der Waals surface area contributed by atoms with Gasteiger partial charge in [0.1, 0.15) is 0 Å². The largest absolute Gasteiger partial charge is 0.381 e. The Bertz CT molecular complexity index is 721. The molecule has 0 fully saturated rings. The number of aryl methyl sites for hydroxylation is 1. The standard InChI is InChI=1S/C15H13BrN2S/c1-10-6-11(2-4-13(10)16)8-17-12-3-5-14-15(7-12)19-9-18-14/h2-7,9,17H,8H2,1H3. The summed E-state index contributed by atoms with van der Waals surface area (Å²) in [6, 6.07) is 12.7. The van der Waals surface area contributed by atoms with Crippen LogP contribution in [0.3, 0.4) is 0 Å². The normalized spacial score (nSPS) is 10.8. The lowest BCUT2D eigenvalue weighted by atomic mass is 10.1. The number of hydrogen-bond acceptors (Lipinski definition) is 3. The average Bonchev–Trinajstić information content (AvgIpc) is 2.87. The highest BCUT2D eigenvalue weighted by Crippen LogP contribution is 2.23. The Labute approximate surface area is 124 Å². The third kappa shape index (κ3) is 2.80. The summed E-state index contributed by atoms with van der Waals surface area (Å²) in [5.41, 5.74) is 6.63. The van der Waals surface area contributed by atoms with Crippen molar-refractivity contribution < 1.29 is 0 Å². The second-order valence-electron chi connectivity index (χ2n) is 4.47. The highest BCUT2D eigenvalue weighted by atomic mass is 79.9. The molecule has 3 aromatic rings. The zero-order valence-electron chi connectivity index (χ0n) is 10.5. The monoisotopic (exact) mass is 332 g/mol. The molecular formula is C15H13BrN2S. The SMILES string of the molecule is Cc1cc(CNc2ccc3ncsc3c2)ccc1Br. The number of hydrogen-bond donors (Lipinski definition) is 1. The van der Waals surface area contributed by atoms with Gasteiger partial charge in [-0.2, -0.15) is 0 Å². The van der Waals surface area contributed by atoms with Crippen molar-refractivity contribution >= 4 is 43.2 Å². The Balaban J connectivity index is 1.75. The van der Waals surface area contributed by atoms with Crippen molar-refractivity contribution in [1.29, 1.82) is 0 Å². The van der Waals surface area contributed by atoms with Gasteiger partial charge in [0.25, 0.3) is 0 Å². The Morgan fingerprint density at radius 2 is 2.11 bits per heavy atom. The Kier molecular flexibility index (Phi) is 3.53. The lowest BCUT2D eigenvalue weighted by Gasteiger charge is -2.08. The van der Waals surface area contributed by atoms with Gasteiger partial charge in [0.2, 0.25) is 0 Å². The molecule has 0 saturated carbocycles. The minimum atomic E-state index is 0.832. The molecule has 0 unspecified atom stereocenters. The van der Waals surface area contributed by atoms with E-state index in [0.717, 1.165) is 22.2 Å². The molecule has 0 bridgehead atoms. The third-order valence-electron chi connectivity index (χ3n) is 3.05.